The van der Waals surface area contributed by atoms with Gasteiger partial charge in [-0.05, 0) is 191 Å². The zero-order valence-electron chi connectivity index (χ0n) is 66.8. The largest absolute Gasteiger partial charge is 1.00 e. The van der Waals surface area contributed by atoms with E-state index in [0.717, 1.165) is 81.4 Å². The molecule has 22 nitrogen and oxygen atoms in total. The first-order valence-corrected chi connectivity index (χ1v) is 36.0. The predicted molar refractivity (Wildman–Crippen MR) is 433 cm³/mol. The number of hydrogen-bond acceptors (Lipinski definition) is 15. The van der Waals surface area contributed by atoms with E-state index in [-0.39, 0.29) is 80.5 Å². The minimum atomic E-state index is -4.46. The molecular weight excluding hydrogens is 1830 g/mol. The summed E-state index contributed by atoms with van der Waals surface area (Å²) in [5.74, 6) is -6.19. The second-order valence-corrected chi connectivity index (χ2v) is 27.9. The van der Waals surface area contributed by atoms with Crippen molar-refractivity contribution in [2.75, 3.05) is 26.2 Å². The molecule has 2 aliphatic rings. The van der Waals surface area contributed by atoms with Gasteiger partial charge in [-0.15, -0.1) is 18.8 Å². The topological polar surface area (TPSA) is 304 Å². The first kappa shape index (κ1) is 112. The smallest absolute Gasteiger partial charge is 0.870 e. The van der Waals surface area contributed by atoms with Crippen molar-refractivity contribution < 1.29 is 152 Å². The van der Waals surface area contributed by atoms with E-state index in [1.165, 1.54) is 101 Å². The number of nitrogens with zero attached hydrogens (tertiary/aromatic N) is 9. The van der Waals surface area contributed by atoms with E-state index in [1.807, 2.05) is 5.92 Å². The van der Waals surface area contributed by atoms with Gasteiger partial charge < -0.3 is 64.0 Å². The molecule has 5 aromatic carbocycles. The van der Waals surface area contributed by atoms with Crippen molar-refractivity contribution >= 4 is 90.0 Å². The second-order valence-electron chi connectivity index (χ2n) is 26.7. The van der Waals surface area contributed by atoms with Crippen LogP contribution in [-0.2, 0) is 59.5 Å². The molecule has 0 unspecified atom stereocenters. The maximum absolute atomic E-state index is 12.9. The SMILES string of the molecule is C.C#CC(=O)OC(C)C.Cc1cc(-c2cn(/C=C\C(=O)N3CC(F)(F)C3)cn2)cc(C(F)(F)F)c1.Cc1cc(-c2cn(/C=C\C(=O)O)cn2)cc(C(F)(F)F)c1.Cc1cc(-c2cn(/C=C\C(=O)OC(C)C)cn2)cc(C(F)(F)F)c1.Cc1cc(-c2cnc[nH]2)cc(C(F)(F)F)c1.Cc1cc(B(O)O)cc(C(F)(F)F)c1.Cl.FC1(F)CNC1.Ic1cnc[nH]1.[Li+].[OH-]. The van der Waals surface area contributed by atoms with Crippen LogP contribution in [0.15, 0.2) is 172 Å². The number of imidazole rings is 5. The molecule has 2 fully saturated rings. The summed E-state index contributed by atoms with van der Waals surface area (Å²) in [5, 5.41) is 28.4. The first-order valence-electron chi connectivity index (χ1n) is 34.9. The molecule has 45 heteroatoms. The number of aliphatic carboxylic acids is 1. The van der Waals surface area contributed by atoms with E-state index >= 15 is 0 Å². The summed E-state index contributed by atoms with van der Waals surface area (Å²) in [4.78, 5) is 70.0. The number of aromatic amines is 2. The van der Waals surface area contributed by atoms with Gasteiger partial charge in [-0.1, -0.05) is 25.1 Å². The van der Waals surface area contributed by atoms with Crippen molar-refractivity contribution in [2.24, 2.45) is 0 Å². The Hall–Kier alpha value is -11.0. The summed E-state index contributed by atoms with van der Waals surface area (Å²) in [7, 11) is -1.88. The number of hydrogen-bond donors (Lipinski definition) is 6. The van der Waals surface area contributed by atoms with E-state index in [0.29, 0.717) is 67.3 Å². The molecule has 0 aliphatic carbocycles. The van der Waals surface area contributed by atoms with Crippen LogP contribution in [-0.4, -0.2) is 155 Å². The molecule has 125 heavy (non-hydrogen) atoms. The van der Waals surface area contributed by atoms with Gasteiger partial charge in [0.25, 0.3) is 11.8 Å². The Kier molecular flexibility index (Phi) is 44.0. The maximum atomic E-state index is 12.9. The Morgan fingerprint density at radius 2 is 0.856 bits per heavy atom. The molecule has 10 aromatic rings. The Balaban J connectivity index is 0.000000740. The third kappa shape index (κ3) is 39.8. The third-order valence-corrected chi connectivity index (χ3v) is 15.8. The Morgan fingerprint density at radius 3 is 1.14 bits per heavy atom. The van der Waals surface area contributed by atoms with E-state index < -0.39 is 115 Å². The van der Waals surface area contributed by atoms with Crippen LogP contribution in [0.4, 0.5) is 83.4 Å². The Morgan fingerprint density at radius 1 is 0.520 bits per heavy atom. The minimum Gasteiger partial charge on any atom is -0.870 e. The molecule has 0 spiro atoms. The number of aryl methyl sites for hydroxylation is 5. The van der Waals surface area contributed by atoms with E-state index in [4.69, 9.17) is 26.3 Å². The van der Waals surface area contributed by atoms with Crippen molar-refractivity contribution in [1.29, 1.82) is 0 Å². The number of nitrogens with one attached hydrogen (secondary N) is 3. The van der Waals surface area contributed by atoms with Crippen molar-refractivity contribution in [2.45, 2.75) is 125 Å². The molecule has 7 heterocycles. The molecular formula is C80H81BClF19ILiN12O10. The van der Waals surface area contributed by atoms with Crippen LogP contribution < -0.4 is 29.6 Å². The molecule has 0 saturated carbocycles. The molecule has 2 aliphatic heterocycles. The summed E-state index contributed by atoms with van der Waals surface area (Å²) in [6.07, 6.45) is 4.35. The summed E-state index contributed by atoms with van der Waals surface area (Å²) in [6.45, 7) is 13.3. The van der Waals surface area contributed by atoms with Crippen LogP contribution in [0.25, 0.3) is 63.6 Å². The number of terminal acetylenes is 1. The zero-order valence-corrected chi connectivity index (χ0v) is 69.7. The van der Waals surface area contributed by atoms with Crippen LogP contribution in [0, 0.1) is 50.7 Å². The van der Waals surface area contributed by atoms with E-state index in [9.17, 15) is 103 Å². The molecule has 2 saturated heterocycles. The number of rotatable bonds is 13. The molecule has 672 valence electrons. The van der Waals surface area contributed by atoms with Gasteiger partial charge in [0.15, 0.2) is 0 Å². The number of halogens is 21. The maximum Gasteiger partial charge on any atom is 1.00 e. The number of ether oxygens (including phenoxy) is 2. The van der Waals surface area contributed by atoms with Crippen LogP contribution in [0.2, 0.25) is 0 Å². The van der Waals surface area contributed by atoms with Crippen LogP contribution in [0.5, 0.6) is 0 Å². The number of esters is 2. The third-order valence-electron chi connectivity index (χ3n) is 15.2. The van der Waals surface area contributed by atoms with Crippen molar-refractivity contribution in [1.82, 2.24) is 58.8 Å². The van der Waals surface area contributed by atoms with Gasteiger partial charge in [0.05, 0.1) is 137 Å². The Bertz CT molecular complexity index is 5230. The fraction of sp³-hybridized carbons (Fsp3) is 0.287. The Labute approximate surface area is 735 Å². The number of carbonyl (C=O) groups is 4. The van der Waals surface area contributed by atoms with Crippen molar-refractivity contribution in [3.63, 3.8) is 0 Å². The van der Waals surface area contributed by atoms with Crippen molar-refractivity contribution in [3.8, 4) is 57.4 Å². The number of amides is 1. The fourth-order valence-electron chi connectivity index (χ4n) is 9.92. The van der Waals surface area contributed by atoms with Crippen LogP contribution >= 0.6 is 35.0 Å². The number of alkyl halides is 19. The van der Waals surface area contributed by atoms with Crippen LogP contribution in [0.1, 0.15) is 90.8 Å². The average molecular weight is 1910 g/mol. The van der Waals surface area contributed by atoms with Gasteiger partial charge in [0.1, 0.15) is 0 Å². The van der Waals surface area contributed by atoms with Gasteiger partial charge in [0, 0.05) is 83.6 Å². The standard InChI is InChI=1S/C17H14F5N3O.C17H17F3N2O2.C14H11F3N2O2.C11H9F3N2.C8H8BF3O2.C6H8O2.C3H5F2N.C3H3IN2.CH4.ClH.Li.H2O/c1-11-4-12(6-13(5-11)17(20,21)22)14-7-24(10-23-14)3-2-15(26)25-8-16(18,19)9-25;1-11(2)24-16(23)4-5-22-9-15(21-10-22)13-6-12(3)7-14(8-13)17(18,19)20;1-9-4-10(6-11(5-9)14(15,16)17)12-7-19(8-18-12)3-2-13(20)21;1-7-2-8(10-5-15-6-16-10)4-9(3-7)11(12,13)14;1-5-2-6(8(10,11)12)4-7(3-5)9(13)14;1-4-6(7)8-5(2)3;4-3(5)1-6-2-3;4-3-1-5-2-6-3;;;;/h2-7,10H,8-9H2,1H3;4-11H,1-3H3;2-8H,1H3,(H,20,21);2-6H,1H3,(H,15,16);2-4,13-14H,1H3;1,5H,2-3H3;6H,1-2H2;1-2H,(H,5,6);1H4;1H;;1H2/q;;;;;;;;;;+1;/p-1/b3-2-;5-4-;3-2-;;;;;;;;;. The molecule has 0 atom stereocenters. The first-order chi connectivity index (χ1) is 56.0. The van der Waals surface area contributed by atoms with Gasteiger partial charge in [-0.2, -0.15) is 65.9 Å². The van der Waals surface area contributed by atoms with Gasteiger partial charge in [-0.3, -0.25) is 4.79 Å². The van der Waals surface area contributed by atoms with E-state index in [2.05, 4.69) is 67.5 Å². The summed E-state index contributed by atoms with van der Waals surface area (Å²) < 4.78 is 253. The number of likely N-dealkylation sites (tertiary alicyclic amines) is 1. The van der Waals surface area contributed by atoms with Crippen LogP contribution in [0.3, 0.4) is 0 Å². The molecule has 12 rings (SSSR count). The van der Waals surface area contributed by atoms with Gasteiger partial charge in [-0.25, -0.2) is 56.9 Å². The van der Waals surface area contributed by atoms with Gasteiger partial charge in [0.2, 0.25) is 5.91 Å². The number of carboxylic acid groups (broad SMARTS) is 1. The summed E-state index contributed by atoms with van der Waals surface area (Å²) >= 11 is 2.16. The number of benzene rings is 5. The summed E-state index contributed by atoms with van der Waals surface area (Å²) in [5.41, 5.74) is 1.45. The number of H-pyrrole nitrogens is 2. The average Bonchev–Trinajstić information content (AvgIpc) is 1.41. The monoisotopic (exact) mass is 1910 g/mol. The summed E-state index contributed by atoms with van der Waals surface area (Å²) in [6, 6.07) is 17.9. The molecule has 1 amide bonds. The number of carboxylic acids is 1. The predicted octanol–water partition coefficient (Wildman–Crippen LogP) is 15.4. The second kappa shape index (κ2) is 49.0. The quantitative estimate of drug-likeness (QED) is 0.0119. The van der Waals surface area contributed by atoms with E-state index in [1.54, 1.807) is 92.2 Å². The number of carbonyl (C=O) groups excluding carboxylic acids is 3. The molecule has 0 radical (unpaired) electrons. The minimum absolute atomic E-state index is 0. The zero-order chi connectivity index (χ0) is 90.9. The molecule has 0 bridgehead atoms. The molecule has 7 N–H and O–H groups in total. The van der Waals surface area contributed by atoms with Gasteiger partial charge >= 0.3 is 74.8 Å². The molecule has 5 aromatic heterocycles. The number of aromatic nitrogens is 10. The fourth-order valence-corrected chi connectivity index (χ4v) is 10.2. The van der Waals surface area contributed by atoms with Crippen molar-refractivity contribution in [3.05, 3.63) is 231 Å². The normalized spacial score (nSPS) is 13.0.